The third-order valence-corrected chi connectivity index (χ3v) is 2.54. The largest absolute Gasteiger partial charge is 0.436 e. The van der Waals surface area contributed by atoms with E-state index in [1.165, 1.54) is 19.2 Å². The van der Waals surface area contributed by atoms with Gasteiger partial charge >= 0.3 is 0 Å². The number of nitrogens with two attached hydrogens (primary N) is 1. The molecule has 1 aromatic carbocycles. The topological polar surface area (TPSA) is 82.3 Å². The second-order valence-corrected chi connectivity index (χ2v) is 4.07. The molecule has 1 aromatic heterocycles. The Kier molecular flexibility index (Phi) is 4.44. The maximum Gasteiger partial charge on any atom is 0.224 e. The summed E-state index contributed by atoms with van der Waals surface area (Å²) in [4.78, 5) is 8.19. The average molecular weight is 278 g/mol. The van der Waals surface area contributed by atoms with Crippen molar-refractivity contribution in [1.29, 1.82) is 0 Å². The molecule has 106 valence electrons. The van der Waals surface area contributed by atoms with Crippen molar-refractivity contribution in [2.45, 2.75) is 13.5 Å². The molecule has 0 aliphatic heterocycles. The fourth-order valence-corrected chi connectivity index (χ4v) is 1.60. The monoisotopic (exact) mass is 278 g/mol. The minimum absolute atomic E-state index is 0.0926. The molecule has 0 saturated carbocycles. The number of rotatable bonds is 5. The highest BCUT2D eigenvalue weighted by molar-refractivity contribution is 5.40. The van der Waals surface area contributed by atoms with Crippen LogP contribution in [0.5, 0.6) is 11.6 Å². The van der Waals surface area contributed by atoms with Gasteiger partial charge in [-0.2, -0.15) is 4.98 Å². The van der Waals surface area contributed by atoms with E-state index in [-0.39, 0.29) is 18.2 Å². The molecular formula is C13H15FN4O2. The molecule has 2 aromatic rings. The zero-order valence-corrected chi connectivity index (χ0v) is 11.2. The molecule has 20 heavy (non-hydrogen) atoms. The van der Waals surface area contributed by atoms with Gasteiger partial charge in [-0.3, -0.25) is 0 Å². The highest BCUT2D eigenvalue weighted by atomic mass is 19.1. The van der Waals surface area contributed by atoms with Gasteiger partial charge in [0.25, 0.3) is 0 Å². The summed E-state index contributed by atoms with van der Waals surface area (Å²) in [5.74, 6) is 5.91. The first-order valence-electron chi connectivity index (χ1n) is 5.90. The molecule has 0 atom stereocenters. The second kappa shape index (κ2) is 6.27. The first kappa shape index (κ1) is 14.2. The Morgan fingerprint density at radius 1 is 1.35 bits per heavy atom. The van der Waals surface area contributed by atoms with Crippen molar-refractivity contribution in [3.8, 4) is 11.6 Å². The number of nitrogen functional groups attached to an aromatic ring is 1. The SMILES string of the molecule is COCc1nc(NN)cc(Oc2cccc(C)c2F)n1. The number of anilines is 1. The van der Waals surface area contributed by atoms with E-state index in [2.05, 4.69) is 15.4 Å². The molecule has 0 aliphatic carbocycles. The minimum atomic E-state index is -0.429. The number of hydrogen-bond acceptors (Lipinski definition) is 6. The van der Waals surface area contributed by atoms with Crippen LogP contribution in [0.2, 0.25) is 0 Å². The molecule has 2 rings (SSSR count). The van der Waals surface area contributed by atoms with Gasteiger partial charge in [-0.1, -0.05) is 12.1 Å². The van der Waals surface area contributed by atoms with Crippen molar-refractivity contribution in [3.05, 3.63) is 41.5 Å². The van der Waals surface area contributed by atoms with Gasteiger partial charge in [0.15, 0.2) is 17.4 Å². The fourth-order valence-electron chi connectivity index (χ4n) is 1.60. The Morgan fingerprint density at radius 3 is 2.85 bits per heavy atom. The van der Waals surface area contributed by atoms with Gasteiger partial charge in [0.2, 0.25) is 5.88 Å². The third kappa shape index (κ3) is 3.19. The van der Waals surface area contributed by atoms with E-state index < -0.39 is 5.82 Å². The predicted octanol–water partition coefficient (Wildman–Crippen LogP) is 2.15. The summed E-state index contributed by atoms with van der Waals surface area (Å²) < 4.78 is 24.3. The summed E-state index contributed by atoms with van der Waals surface area (Å²) in [6.07, 6.45) is 0. The lowest BCUT2D eigenvalue weighted by atomic mass is 10.2. The standard InChI is InChI=1S/C13H15FN4O2/c1-8-4-3-5-9(13(8)14)20-12-6-10(18-15)16-11(17-12)7-19-2/h3-6H,7,15H2,1-2H3,(H,16,17,18). The van der Waals surface area contributed by atoms with Crippen molar-refractivity contribution in [2.75, 3.05) is 12.5 Å². The summed E-state index contributed by atoms with van der Waals surface area (Å²) in [5.41, 5.74) is 2.89. The van der Waals surface area contributed by atoms with E-state index in [1.54, 1.807) is 19.1 Å². The number of nitrogens with one attached hydrogen (secondary N) is 1. The van der Waals surface area contributed by atoms with E-state index in [4.69, 9.17) is 15.3 Å². The van der Waals surface area contributed by atoms with Crippen molar-refractivity contribution in [3.63, 3.8) is 0 Å². The van der Waals surface area contributed by atoms with Crippen molar-refractivity contribution < 1.29 is 13.9 Å². The van der Waals surface area contributed by atoms with Crippen LogP contribution in [0.15, 0.2) is 24.3 Å². The number of hydrazine groups is 1. The van der Waals surface area contributed by atoms with Crippen LogP contribution in [0.25, 0.3) is 0 Å². The predicted molar refractivity (Wildman–Crippen MR) is 71.8 cm³/mol. The molecule has 1 heterocycles. The maximum absolute atomic E-state index is 13.9. The van der Waals surface area contributed by atoms with Gasteiger partial charge < -0.3 is 14.9 Å². The molecule has 0 amide bonds. The van der Waals surface area contributed by atoms with Crippen LogP contribution in [0.1, 0.15) is 11.4 Å². The first-order valence-corrected chi connectivity index (χ1v) is 5.90. The van der Waals surface area contributed by atoms with E-state index in [0.717, 1.165) is 0 Å². The summed E-state index contributed by atoms with van der Waals surface area (Å²) in [6, 6.07) is 6.36. The molecule has 3 N–H and O–H groups in total. The van der Waals surface area contributed by atoms with Gasteiger partial charge in [-0.05, 0) is 18.6 Å². The number of aryl methyl sites for hydroxylation is 1. The van der Waals surface area contributed by atoms with Crippen LogP contribution >= 0.6 is 0 Å². The molecule has 0 aliphatic rings. The minimum Gasteiger partial charge on any atom is -0.436 e. The smallest absolute Gasteiger partial charge is 0.224 e. The Labute approximate surface area is 115 Å². The molecule has 7 heteroatoms. The van der Waals surface area contributed by atoms with Gasteiger partial charge in [0, 0.05) is 13.2 Å². The van der Waals surface area contributed by atoms with Gasteiger partial charge in [0.1, 0.15) is 12.4 Å². The Hall–Kier alpha value is -2.25. The fraction of sp³-hybridized carbons (Fsp3) is 0.231. The van der Waals surface area contributed by atoms with Crippen molar-refractivity contribution in [1.82, 2.24) is 9.97 Å². The van der Waals surface area contributed by atoms with E-state index in [9.17, 15) is 4.39 Å². The molecule has 0 saturated heterocycles. The summed E-state index contributed by atoms with van der Waals surface area (Å²) in [5, 5.41) is 0. The number of halogens is 1. The average Bonchev–Trinajstić information content (AvgIpc) is 2.44. The van der Waals surface area contributed by atoms with Crippen LogP contribution in [-0.2, 0) is 11.3 Å². The highest BCUT2D eigenvalue weighted by Crippen LogP contribution is 2.26. The Balaban J connectivity index is 2.32. The quantitative estimate of drug-likeness (QED) is 0.644. The zero-order valence-electron chi connectivity index (χ0n) is 11.2. The maximum atomic E-state index is 13.9. The molecule has 0 fully saturated rings. The van der Waals surface area contributed by atoms with Crippen LogP contribution in [-0.4, -0.2) is 17.1 Å². The molecule has 0 radical (unpaired) electrons. The Morgan fingerprint density at radius 2 is 2.15 bits per heavy atom. The number of hydrogen-bond donors (Lipinski definition) is 2. The van der Waals surface area contributed by atoms with Gasteiger partial charge in [-0.25, -0.2) is 15.2 Å². The highest BCUT2D eigenvalue weighted by Gasteiger charge is 2.10. The van der Waals surface area contributed by atoms with Gasteiger partial charge in [0.05, 0.1) is 0 Å². The first-order chi connectivity index (χ1) is 9.63. The van der Waals surface area contributed by atoms with Crippen LogP contribution < -0.4 is 16.0 Å². The van der Waals surface area contributed by atoms with E-state index >= 15 is 0 Å². The molecule has 0 bridgehead atoms. The number of aromatic nitrogens is 2. The lowest BCUT2D eigenvalue weighted by molar-refractivity contribution is 0.177. The zero-order chi connectivity index (χ0) is 14.5. The van der Waals surface area contributed by atoms with Crippen LogP contribution in [0.3, 0.4) is 0 Å². The molecule has 6 nitrogen and oxygen atoms in total. The molecule has 0 unspecified atom stereocenters. The number of benzene rings is 1. The van der Waals surface area contributed by atoms with Crippen molar-refractivity contribution in [2.24, 2.45) is 5.84 Å². The normalized spacial score (nSPS) is 10.4. The number of nitrogens with zero attached hydrogens (tertiary/aromatic N) is 2. The lowest BCUT2D eigenvalue weighted by Gasteiger charge is -2.10. The van der Waals surface area contributed by atoms with Gasteiger partial charge in [-0.15, -0.1) is 0 Å². The molecule has 0 spiro atoms. The second-order valence-electron chi connectivity index (χ2n) is 4.07. The van der Waals surface area contributed by atoms with Crippen LogP contribution in [0, 0.1) is 12.7 Å². The van der Waals surface area contributed by atoms with Crippen molar-refractivity contribution >= 4 is 5.82 Å². The summed E-state index contributed by atoms with van der Waals surface area (Å²) in [6.45, 7) is 1.85. The summed E-state index contributed by atoms with van der Waals surface area (Å²) in [7, 11) is 1.52. The lowest BCUT2D eigenvalue weighted by Crippen LogP contribution is -2.11. The van der Waals surface area contributed by atoms with E-state index in [0.29, 0.717) is 17.2 Å². The Bertz CT molecular complexity index is 607. The number of ether oxygens (including phenoxy) is 2. The summed E-state index contributed by atoms with van der Waals surface area (Å²) >= 11 is 0. The van der Waals surface area contributed by atoms with Crippen LogP contribution in [0.4, 0.5) is 10.2 Å². The number of methoxy groups -OCH3 is 1. The third-order valence-electron chi connectivity index (χ3n) is 2.54. The van der Waals surface area contributed by atoms with E-state index in [1.807, 2.05) is 0 Å². The molecular weight excluding hydrogens is 263 g/mol.